The summed E-state index contributed by atoms with van der Waals surface area (Å²) in [6.45, 7) is 6.21. The Labute approximate surface area is 173 Å². The second-order valence-electron chi connectivity index (χ2n) is 8.50. The van der Waals surface area contributed by atoms with E-state index >= 15 is 0 Å². The summed E-state index contributed by atoms with van der Waals surface area (Å²) in [4.78, 5) is 4.42. The second kappa shape index (κ2) is 8.97. The van der Waals surface area contributed by atoms with Crippen LogP contribution in [0.1, 0.15) is 68.5 Å². The summed E-state index contributed by atoms with van der Waals surface area (Å²) >= 11 is 0. The number of aromatic nitrogens is 5. The molecule has 4 rings (SSSR count). The molecule has 0 bridgehead atoms. The van der Waals surface area contributed by atoms with Crippen molar-refractivity contribution in [2.45, 2.75) is 83.8 Å². The number of nitrogens with one attached hydrogen (secondary N) is 2. The van der Waals surface area contributed by atoms with Crippen molar-refractivity contribution in [1.82, 2.24) is 35.2 Å². The van der Waals surface area contributed by atoms with Gasteiger partial charge in [0.1, 0.15) is 11.6 Å². The molecule has 2 aromatic heterocycles. The Kier molecular flexibility index (Phi) is 6.16. The molecule has 3 heterocycles. The normalized spacial score (nSPS) is 19.6. The largest absolute Gasteiger partial charge is 0.356 e. The summed E-state index contributed by atoms with van der Waals surface area (Å²) < 4.78 is 4.40. The van der Waals surface area contributed by atoms with Gasteiger partial charge in [0.05, 0.1) is 5.69 Å². The first-order valence-electron chi connectivity index (χ1n) is 11.1. The Hall–Kier alpha value is -2.38. The minimum absolute atomic E-state index is 0.369. The molecule has 2 aliphatic rings. The lowest BCUT2D eigenvalue weighted by atomic mass is 9.94. The van der Waals surface area contributed by atoms with Gasteiger partial charge in [0.2, 0.25) is 0 Å². The highest BCUT2D eigenvalue weighted by molar-refractivity contribution is 5.80. The molecular formula is C21H34N8. The SMILES string of the molecule is CN=C(NCCc1nnc2n1CCCCC2)NC1CCc2cn(C(C)C)nc2C1. The van der Waals surface area contributed by atoms with E-state index in [1.807, 2.05) is 7.05 Å². The Morgan fingerprint density at radius 3 is 2.97 bits per heavy atom. The maximum absolute atomic E-state index is 4.78. The first kappa shape index (κ1) is 19.9. The number of rotatable bonds is 5. The van der Waals surface area contributed by atoms with E-state index in [9.17, 15) is 0 Å². The summed E-state index contributed by atoms with van der Waals surface area (Å²) in [6, 6.07) is 0.780. The van der Waals surface area contributed by atoms with E-state index in [1.54, 1.807) is 0 Å². The molecule has 158 valence electrons. The van der Waals surface area contributed by atoms with Gasteiger partial charge >= 0.3 is 0 Å². The average molecular weight is 399 g/mol. The molecule has 2 N–H and O–H groups in total. The predicted molar refractivity (Wildman–Crippen MR) is 114 cm³/mol. The summed E-state index contributed by atoms with van der Waals surface area (Å²) in [5, 5.41) is 20.6. The van der Waals surface area contributed by atoms with Crippen LogP contribution in [0.15, 0.2) is 11.2 Å². The summed E-state index contributed by atoms with van der Waals surface area (Å²) in [5.74, 6) is 3.10. The molecule has 1 aliphatic carbocycles. The molecule has 29 heavy (non-hydrogen) atoms. The van der Waals surface area contributed by atoms with Crippen LogP contribution in [0, 0.1) is 0 Å². The van der Waals surface area contributed by atoms with Gasteiger partial charge in [-0.2, -0.15) is 5.10 Å². The van der Waals surface area contributed by atoms with E-state index in [0.717, 1.165) is 62.8 Å². The van der Waals surface area contributed by atoms with E-state index in [-0.39, 0.29) is 0 Å². The molecule has 8 heteroatoms. The van der Waals surface area contributed by atoms with E-state index in [2.05, 4.69) is 55.1 Å². The van der Waals surface area contributed by atoms with Crippen molar-refractivity contribution in [2.24, 2.45) is 4.99 Å². The van der Waals surface area contributed by atoms with Gasteiger partial charge in [0.25, 0.3) is 0 Å². The number of aliphatic imine (C=N–C) groups is 1. The van der Waals surface area contributed by atoms with E-state index in [1.165, 1.54) is 30.5 Å². The van der Waals surface area contributed by atoms with Crippen LogP contribution < -0.4 is 10.6 Å². The van der Waals surface area contributed by atoms with Crippen molar-refractivity contribution >= 4 is 5.96 Å². The molecule has 0 spiro atoms. The average Bonchev–Trinajstić information content (AvgIpc) is 3.23. The van der Waals surface area contributed by atoms with Crippen molar-refractivity contribution in [3.63, 3.8) is 0 Å². The quantitative estimate of drug-likeness (QED) is 0.595. The molecule has 0 aromatic carbocycles. The van der Waals surface area contributed by atoms with Gasteiger partial charge in [0, 0.05) is 57.7 Å². The molecule has 1 unspecified atom stereocenters. The lowest BCUT2D eigenvalue weighted by Crippen LogP contribution is -2.46. The molecule has 0 saturated heterocycles. The molecule has 1 atom stereocenters. The van der Waals surface area contributed by atoms with Crippen LogP contribution in [-0.4, -0.2) is 50.1 Å². The standard InChI is InChI=1S/C21H34N8/c1-15(2)29-14-16-8-9-17(13-18(16)27-29)24-21(22-3)23-11-10-20-26-25-19-7-5-4-6-12-28(19)20/h14-15,17H,4-13H2,1-3H3,(H2,22,23,24). The van der Waals surface area contributed by atoms with Gasteiger partial charge in [-0.05, 0) is 45.1 Å². The fourth-order valence-electron chi connectivity index (χ4n) is 4.31. The lowest BCUT2D eigenvalue weighted by Gasteiger charge is -2.24. The van der Waals surface area contributed by atoms with Gasteiger partial charge in [-0.25, -0.2) is 0 Å². The van der Waals surface area contributed by atoms with Crippen LogP contribution in [0.25, 0.3) is 0 Å². The lowest BCUT2D eigenvalue weighted by molar-refractivity contribution is 0.499. The Morgan fingerprint density at radius 1 is 1.24 bits per heavy atom. The van der Waals surface area contributed by atoms with Gasteiger partial charge in [0.15, 0.2) is 5.96 Å². The van der Waals surface area contributed by atoms with Crippen LogP contribution in [0.2, 0.25) is 0 Å². The highest BCUT2D eigenvalue weighted by Crippen LogP contribution is 2.21. The number of fused-ring (bicyclic) bond motifs is 2. The van der Waals surface area contributed by atoms with Crippen molar-refractivity contribution in [3.05, 3.63) is 29.1 Å². The third kappa shape index (κ3) is 4.62. The topological polar surface area (TPSA) is 85.0 Å². The summed E-state index contributed by atoms with van der Waals surface area (Å²) in [6.07, 6.45) is 11.0. The Balaban J connectivity index is 1.29. The zero-order valence-corrected chi connectivity index (χ0v) is 18.0. The molecule has 2 aromatic rings. The van der Waals surface area contributed by atoms with Gasteiger partial charge < -0.3 is 15.2 Å². The first-order chi connectivity index (χ1) is 14.1. The Bertz CT molecular complexity index is 847. The van der Waals surface area contributed by atoms with Crippen LogP contribution in [0.4, 0.5) is 0 Å². The van der Waals surface area contributed by atoms with Crippen LogP contribution in [-0.2, 0) is 32.2 Å². The summed E-state index contributed by atoms with van der Waals surface area (Å²) in [7, 11) is 1.83. The number of aryl methyl sites for hydroxylation is 2. The molecular weight excluding hydrogens is 364 g/mol. The van der Waals surface area contributed by atoms with Gasteiger partial charge in [-0.3, -0.25) is 9.67 Å². The van der Waals surface area contributed by atoms with Crippen LogP contribution in [0.3, 0.4) is 0 Å². The highest BCUT2D eigenvalue weighted by Gasteiger charge is 2.23. The van der Waals surface area contributed by atoms with Crippen LogP contribution in [0.5, 0.6) is 0 Å². The zero-order chi connectivity index (χ0) is 20.2. The van der Waals surface area contributed by atoms with Crippen molar-refractivity contribution < 1.29 is 0 Å². The smallest absolute Gasteiger partial charge is 0.191 e. The predicted octanol–water partition coefficient (Wildman–Crippen LogP) is 2.05. The monoisotopic (exact) mass is 398 g/mol. The fourth-order valence-corrected chi connectivity index (χ4v) is 4.31. The van der Waals surface area contributed by atoms with Crippen molar-refractivity contribution in [1.29, 1.82) is 0 Å². The van der Waals surface area contributed by atoms with Crippen molar-refractivity contribution in [3.8, 4) is 0 Å². The minimum Gasteiger partial charge on any atom is -0.356 e. The third-order valence-corrected chi connectivity index (χ3v) is 6.02. The number of hydrogen-bond donors (Lipinski definition) is 2. The molecule has 0 saturated carbocycles. The van der Waals surface area contributed by atoms with E-state index in [4.69, 9.17) is 5.10 Å². The van der Waals surface area contributed by atoms with E-state index < -0.39 is 0 Å². The maximum Gasteiger partial charge on any atom is 0.191 e. The molecule has 1 aliphatic heterocycles. The third-order valence-electron chi connectivity index (χ3n) is 6.02. The molecule has 8 nitrogen and oxygen atoms in total. The molecule has 0 fully saturated rings. The fraction of sp³-hybridized carbons (Fsp3) is 0.714. The van der Waals surface area contributed by atoms with Gasteiger partial charge in [-0.1, -0.05) is 6.42 Å². The Morgan fingerprint density at radius 2 is 2.14 bits per heavy atom. The maximum atomic E-state index is 4.78. The number of guanidine groups is 1. The minimum atomic E-state index is 0.369. The highest BCUT2D eigenvalue weighted by atomic mass is 15.3. The van der Waals surface area contributed by atoms with Crippen molar-refractivity contribution in [2.75, 3.05) is 13.6 Å². The summed E-state index contributed by atoms with van der Waals surface area (Å²) in [5.41, 5.74) is 2.62. The van der Waals surface area contributed by atoms with Crippen LogP contribution >= 0.6 is 0 Å². The number of nitrogens with zero attached hydrogens (tertiary/aromatic N) is 6. The second-order valence-corrected chi connectivity index (χ2v) is 8.50. The molecule has 0 amide bonds. The van der Waals surface area contributed by atoms with Gasteiger partial charge in [-0.15, -0.1) is 10.2 Å². The number of hydrogen-bond acceptors (Lipinski definition) is 4. The first-order valence-corrected chi connectivity index (χ1v) is 11.1. The van der Waals surface area contributed by atoms with E-state index in [0.29, 0.717) is 12.1 Å². The zero-order valence-electron chi connectivity index (χ0n) is 18.0. The molecule has 0 radical (unpaired) electrons.